The van der Waals surface area contributed by atoms with Gasteiger partial charge in [0.05, 0.1) is 11.4 Å². The average Bonchev–Trinajstić information content (AvgIpc) is 2.62. The Morgan fingerprint density at radius 2 is 1.96 bits per heavy atom. The van der Waals surface area contributed by atoms with Crippen LogP contribution < -0.4 is 10.2 Å². The van der Waals surface area contributed by atoms with Gasteiger partial charge in [-0.25, -0.2) is 0 Å². The van der Waals surface area contributed by atoms with Gasteiger partial charge in [-0.1, -0.05) is 41.1 Å². The lowest BCUT2D eigenvalue weighted by atomic mass is 10.1. The first kappa shape index (κ1) is 18.4. The van der Waals surface area contributed by atoms with E-state index in [1.807, 2.05) is 36.4 Å². The Kier molecular flexibility index (Phi) is 5.58. The highest BCUT2D eigenvalue weighted by molar-refractivity contribution is 9.10. The third kappa shape index (κ3) is 3.89. The maximum Gasteiger partial charge on any atom is 0.251 e. The second-order valence-corrected chi connectivity index (χ2v) is 7.03. The van der Waals surface area contributed by atoms with Crippen LogP contribution in [-0.2, 0) is 16.0 Å². The van der Waals surface area contributed by atoms with Gasteiger partial charge in [0, 0.05) is 10.7 Å². The van der Waals surface area contributed by atoms with Crippen molar-refractivity contribution in [2.24, 2.45) is 10.9 Å². The fraction of sp³-hybridized carbons (Fsp3) is 0.158. The summed E-state index contributed by atoms with van der Waals surface area (Å²) < 4.78 is 0.866. The van der Waals surface area contributed by atoms with Gasteiger partial charge in [-0.3, -0.25) is 19.5 Å². The van der Waals surface area contributed by atoms with E-state index in [1.54, 1.807) is 12.1 Å². The van der Waals surface area contributed by atoms with Crippen LogP contribution >= 0.6 is 28.1 Å². The molecule has 0 unspecified atom stereocenters. The molecule has 0 radical (unpaired) electrons. The fourth-order valence-corrected chi connectivity index (χ4v) is 3.25. The van der Waals surface area contributed by atoms with Gasteiger partial charge < -0.3 is 5.32 Å². The second-order valence-electron chi connectivity index (χ2n) is 5.72. The summed E-state index contributed by atoms with van der Waals surface area (Å²) in [5.41, 5.74) is 2.42. The maximum atomic E-state index is 12.9. The highest BCUT2D eigenvalue weighted by atomic mass is 79.9. The van der Waals surface area contributed by atoms with Crippen molar-refractivity contribution in [1.29, 1.82) is 0 Å². The van der Waals surface area contributed by atoms with Crippen LogP contribution in [-0.4, -0.2) is 23.1 Å². The Balaban J connectivity index is 1.87. The van der Waals surface area contributed by atoms with Crippen LogP contribution in [0.25, 0.3) is 0 Å². The van der Waals surface area contributed by atoms with Crippen LogP contribution in [0.15, 0.2) is 58.0 Å². The Morgan fingerprint density at radius 1 is 1.23 bits per heavy atom. The number of nitrogens with one attached hydrogen (secondary N) is 1. The molecule has 1 heterocycles. The summed E-state index contributed by atoms with van der Waals surface area (Å²) >= 11 is 8.56. The van der Waals surface area contributed by atoms with Crippen LogP contribution in [0.5, 0.6) is 0 Å². The molecule has 2 amide bonds. The summed E-state index contributed by atoms with van der Waals surface area (Å²) in [6.07, 6.45) is 2.26. The van der Waals surface area contributed by atoms with Gasteiger partial charge >= 0.3 is 0 Å². The van der Waals surface area contributed by atoms with E-state index in [-0.39, 0.29) is 5.11 Å². The van der Waals surface area contributed by atoms with E-state index in [0.717, 1.165) is 16.5 Å². The molecular formula is C19H16BrN3O2S. The number of thiocarbonyl (C=S) groups is 1. The molecule has 1 N–H and O–H groups in total. The van der Waals surface area contributed by atoms with Gasteiger partial charge in [0.1, 0.15) is 0 Å². The Bertz CT molecular complexity index is 896. The smallest absolute Gasteiger partial charge is 0.251 e. The third-order valence-corrected chi connectivity index (χ3v) is 4.76. The van der Waals surface area contributed by atoms with Crippen molar-refractivity contribution in [3.63, 3.8) is 0 Å². The number of amides is 2. The molecule has 0 bridgehead atoms. The third-order valence-electron chi connectivity index (χ3n) is 3.99. The van der Waals surface area contributed by atoms with Gasteiger partial charge in [-0.2, -0.15) is 0 Å². The normalized spacial score (nSPS) is 17.7. The number of aliphatic imine (C=N–C) groups is 1. The van der Waals surface area contributed by atoms with Crippen LogP contribution in [0.1, 0.15) is 12.5 Å². The molecule has 0 aromatic heterocycles. The summed E-state index contributed by atoms with van der Waals surface area (Å²) in [6.45, 7) is 2.06. The summed E-state index contributed by atoms with van der Waals surface area (Å²) in [7, 11) is 0. The number of carbonyl (C=O) groups excluding carboxylic acids is 2. The van der Waals surface area contributed by atoms with E-state index in [0.29, 0.717) is 11.4 Å². The number of carbonyl (C=O) groups is 2. The number of hydrogen-bond acceptors (Lipinski definition) is 4. The van der Waals surface area contributed by atoms with Crippen LogP contribution in [0.2, 0.25) is 0 Å². The molecule has 2 aromatic carbocycles. The van der Waals surface area contributed by atoms with Crippen molar-refractivity contribution >= 4 is 62.7 Å². The van der Waals surface area contributed by atoms with Gasteiger partial charge in [-0.15, -0.1) is 0 Å². The molecule has 2 aromatic rings. The monoisotopic (exact) mass is 429 g/mol. The maximum absolute atomic E-state index is 12.9. The molecule has 0 aliphatic carbocycles. The standard InChI is InChI=1S/C19H16BrN3O2S/c1-2-12-6-8-15(9-7-12)23-18(25)16(17(24)22-19(23)26)11-21-14-5-3-4-13(20)10-14/h3-11,16H,2H2,1H3,(H,22,24,26)/t16-/m0/s1. The van der Waals surface area contributed by atoms with E-state index >= 15 is 0 Å². The molecule has 1 aliphatic heterocycles. The molecule has 1 aliphatic rings. The molecule has 1 atom stereocenters. The van der Waals surface area contributed by atoms with E-state index in [9.17, 15) is 9.59 Å². The topological polar surface area (TPSA) is 61.8 Å². The van der Waals surface area contributed by atoms with E-state index in [1.165, 1.54) is 11.1 Å². The van der Waals surface area contributed by atoms with Gasteiger partial charge in [0.25, 0.3) is 5.91 Å². The minimum absolute atomic E-state index is 0.0800. The van der Waals surface area contributed by atoms with Crippen molar-refractivity contribution < 1.29 is 9.59 Å². The lowest BCUT2D eigenvalue weighted by molar-refractivity contribution is -0.130. The SMILES string of the molecule is CCc1ccc(N2C(=O)[C@@H](C=Nc3cccc(Br)c3)C(=O)NC2=S)cc1. The number of halogens is 1. The summed E-state index contributed by atoms with van der Waals surface area (Å²) in [5, 5.41) is 2.66. The highest BCUT2D eigenvalue weighted by Gasteiger charge is 2.38. The lowest BCUT2D eigenvalue weighted by Crippen LogP contribution is -2.58. The average molecular weight is 430 g/mol. The largest absolute Gasteiger partial charge is 0.301 e. The zero-order chi connectivity index (χ0) is 18.7. The van der Waals surface area contributed by atoms with Crippen molar-refractivity contribution in [3.8, 4) is 0 Å². The minimum atomic E-state index is -1.04. The zero-order valence-electron chi connectivity index (χ0n) is 14.0. The molecule has 3 rings (SSSR count). The first-order valence-electron chi connectivity index (χ1n) is 8.07. The molecule has 132 valence electrons. The number of aryl methyl sites for hydroxylation is 1. The predicted molar refractivity (Wildman–Crippen MR) is 110 cm³/mol. The molecule has 1 fully saturated rings. The lowest BCUT2D eigenvalue weighted by Gasteiger charge is -2.31. The fourth-order valence-electron chi connectivity index (χ4n) is 2.56. The molecule has 0 spiro atoms. The Labute approximate surface area is 165 Å². The summed E-state index contributed by atoms with van der Waals surface area (Å²) in [5.74, 6) is -1.92. The van der Waals surface area contributed by atoms with E-state index in [4.69, 9.17) is 12.2 Å². The van der Waals surface area contributed by atoms with Gasteiger partial charge in [-0.05, 0) is 54.5 Å². The summed E-state index contributed by atoms with van der Waals surface area (Å²) in [6, 6.07) is 14.8. The first-order valence-corrected chi connectivity index (χ1v) is 9.27. The second kappa shape index (κ2) is 7.88. The quantitative estimate of drug-likeness (QED) is 0.456. The molecule has 7 heteroatoms. The van der Waals surface area contributed by atoms with Crippen LogP contribution in [0.3, 0.4) is 0 Å². The Hall–Kier alpha value is -2.38. The number of hydrogen-bond donors (Lipinski definition) is 1. The van der Waals surface area contributed by atoms with Crippen molar-refractivity contribution in [2.75, 3.05) is 4.90 Å². The molecule has 0 saturated carbocycles. The van der Waals surface area contributed by atoms with Crippen LogP contribution in [0, 0.1) is 5.92 Å². The van der Waals surface area contributed by atoms with Crippen LogP contribution in [0.4, 0.5) is 11.4 Å². The first-order chi connectivity index (χ1) is 12.5. The molecule has 26 heavy (non-hydrogen) atoms. The Morgan fingerprint density at radius 3 is 2.62 bits per heavy atom. The van der Waals surface area contributed by atoms with Gasteiger partial charge in [0.2, 0.25) is 5.91 Å². The highest BCUT2D eigenvalue weighted by Crippen LogP contribution is 2.22. The molecule has 5 nitrogen and oxygen atoms in total. The number of rotatable bonds is 4. The number of anilines is 1. The zero-order valence-corrected chi connectivity index (χ0v) is 16.4. The van der Waals surface area contributed by atoms with E-state index in [2.05, 4.69) is 33.2 Å². The van der Waals surface area contributed by atoms with Crippen molar-refractivity contribution in [2.45, 2.75) is 13.3 Å². The molecular weight excluding hydrogens is 414 g/mol. The van der Waals surface area contributed by atoms with Gasteiger partial charge in [0.15, 0.2) is 11.0 Å². The summed E-state index contributed by atoms with van der Waals surface area (Å²) in [4.78, 5) is 30.7. The molecule has 1 saturated heterocycles. The number of nitrogens with zero attached hydrogens (tertiary/aromatic N) is 2. The van der Waals surface area contributed by atoms with Crippen molar-refractivity contribution in [3.05, 3.63) is 58.6 Å². The van der Waals surface area contributed by atoms with Crippen molar-refractivity contribution in [1.82, 2.24) is 5.32 Å². The minimum Gasteiger partial charge on any atom is -0.301 e. The number of benzene rings is 2. The predicted octanol–water partition coefficient (Wildman–Crippen LogP) is 3.78. The van der Waals surface area contributed by atoms with E-state index < -0.39 is 17.7 Å².